The number of nitrogens with one attached hydrogen (secondary N) is 1. The van der Waals surface area contributed by atoms with Crippen molar-refractivity contribution < 1.29 is 4.79 Å². The molecule has 1 aromatic heterocycles. The monoisotopic (exact) mass is 293 g/mol. The number of hydrogen-bond acceptors (Lipinski definition) is 2. The Labute approximate surface area is 128 Å². The Morgan fingerprint density at radius 3 is 2.52 bits per heavy atom. The minimum absolute atomic E-state index is 0.0639. The molecule has 3 aromatic rings. The second kappa shape index (κ2) is 5.94. The van der Waals surface area contributed by atoms with E-state index in [1.165, 1.54) is 16.9 Å². The molecule has 104 valence electrons. The first-order valence-electron chi connectivity index (χ1n) is 6.75. The van der Waals surface area contributed by atoms with Gasteiger partial charge >= 0.3 is 0 Å². The molecule has 0 unspecified atom stereocenters. The summed E-state index contributed by atoms with van der Waals surface area (Å²) in [6, 6.07) is 19.9. The second-order valence-electron chi connectivity index (χ2n) is 4.85. The van der Waals surface area contributed by atoms with Crippen molar-refractivity contribution in [3.8, 4) is 11.1 Å². The molecule has 2 aromatic carbocycles. The van der Waals surface area contributed by atoms with Gasteiger partial charge in [0.1, 0.15) is 0 Å². The number of rotatable bonds is 3. The van der Waals surface area contributed by atoms with Crippen LogP contribution in [0.2, 0.25) is 0 Å². The summed E-state index contributed by atoms with van der Waals surface area (Å²) in [6.07, 6.45) is 0. The van der Waals surface area contributed by atoms with E-state index in [1.54, 1.807) is 0 Å². The standard InChI is InChI=1S/C18H15NOS/c1-13-9-10-16(19-18(20)17-8-5-11-21-17)15(12-13)14-6-3-2-4-7-14/h2-12H,1H3,(H,19,20). The highest BCUT2D eigenvalue weighted by molar-refractivity contribution is 7.12. The van der Waals surface area contributed by atoms with E-state index >= 15 is 0 Å². The van der Waals surface area contributed by atoms with Crippen LogP contribution in [0.3, 0.4) is 0 Å². The maximum atomic E-state index is 12.2. The lowest BCUT2D eigenvalue weighted by atomic mass is 10.0. The largest absolute Gasteiger partial charge is 0.321 e. The molecule has 0 aliphatic carbocycles. The van der Waals surface area contributed by atoms with Crippen molar-refractivity contribution >= 4 is 22.9 Å². The topological polar surface area (TPSA) is 29.1 Å². The van der Waals surface area contributed by atoms with Crippen molar-refractivity contribution in [1.82, 2.24) is 0 Å². The number of amides is 1. The molecule has 21 heavy (non-hydrogen) atoms. The summed E-state index contributed by atoms with van der Waals surface area (Å²) in [6.45, 7) is 2.05. The van der Waals surface area contributed by atoms with Gasteiger partial charge in [-0.1, -0.05) is 48.0 Å². The van der Waals surface area contributed by atoms with Crippen LogP contribution in [-0.4, -0.2) is 5.91 Å². The van der Waals surface area contributed by atoms with Gasteiger partial charge in [0.05, 0.1) is 4.88 Å². The van der Waals surface area contributed by atoms with Crippen molar-refractivity contribution in [3.63, 3.8) is 0 Å². The highest BCUT2D eigenvalue weighted by Gasteiger charge is 2.11. The van der Waals surface area contributed by atoms with Crippen LogP contribution < -0.4 is 5.32 Å². The molecule has 1 heterocycles. The van der Waals surface area contributed by atoms with E-state index in [-0.39, 0.29) is 5.91 Å². The lowest BCUT2D eigenvalue weighted by Crippen LogP contribution is -2.11. The fourth-order valence-electron chi connectivity index (χ4n) is 2.22. The summed E-state index contributed by atoms with van der Waals surface area (Å²) in [4.78, 5) is 13.0. The predicted molar refractivity (Wildman–Crippen MR) is 88.9 cm³/mol. The van der Waals surface area contributed by atoms with Crippen molar-refractivity contribution in [2.45, 2.75) is 6.92 Å². The van der Waals surface area contributed by atoms with Gasteiger partial charge in [-0.25, -0.2) is 0 Å². The number of benzene rings is 2. The lowest BCUT2D eigenvalue weighted by molar-refractivity contribution is 0.103. The quantitative estimate of drug-likeness (QED) is 0.725. The van der Waals surface area contributed by atoms with Crippen molar-refractivity contribution in [2.75, 3.05) is 5.32 Å². The third-order valence-electron chi connectivity index (χ3n) is 3.25. The van der Waals surface area contributed by atoms with E-state index in [0.29, 0.717) is 0 Å². The van der Waals surface area contributed by atoms with Gasteiger partial charge in [-0.05, 0) is 36.1 Å². The van der Waals surface area contributed by atoms with Crippen LogP contribution in [0.1, 0.15) is 15.2 Å². The van der Waals surface area contributed by atoms with E-state index in [0.717, 1.165) is 21.7 Å². The van der Waals surface area contributed by atoms with E-state index in [9.17, 15) is 4.79 Å². The smallest absolute Gasteiger partial charge is 0.265 e. The van der Waals surface area contributed by atoms with Gasteiger partial charge in [-0.15, -0.1) is 11.3 Å². The first-order valence-corrected chi connectivity index (χ1v) is 7.63. The number of hydrogen-bond donors (Lipinski definition) is 1. The van der Waals surface area contributed by atoms with Crippen LogP contribution in [-0.2, 0) is 0 Å². The van der Waals surface area contributed by atoms with Crippen molar-refractivity contribution in [3.05, 3.63) is 76.5 Å². The van der Waals surface area contributed by atoms with Crippen LogP contribution in [0, 0.1) is 6.92 Å². The number of thiophene rings is 1. The fraction of sp³-hybridized carbons (Fsp3) is 0.0556. The Balaban J connectivity index is 1.97. The van der Waals surface area contributed by atoms with Gasteiger partial charge < -0.3 is 5.32 Å². The maximum Gasteiger partial charge on any atom is 0.265 e. The first-order chi connectivity index (χ1) is 10.2. The van der Waals surface area contributed by atoms with Crippen LogP contribution in [0.25, 0.3) is 11.1 Å². The average Bonchev–Trinajstić information content (AvgIpc) is 3.04. The molecule has 3 rings (SSSR count). The predicted octanol–water partition coefficient (Wildman–Crippen LogP) is 4.98. The molecule has 0 aliphatic heterocycles. The minimum Gasteiger partial charge on any atom is -0.321 e. The van der Waals surface area contributed by atoms with E-state index in [2.05, 4.69) is 30.4 Å². The zero-order valence-corrected chi connectivity index (χ0v) is 12.5. The van der Waals surface area contributed by atoms with Gasteiger partial charge in [0.25, 0.3) is 5.91 Å². The summed E-state index contributed by atoms with van der Waals surface area (Å²) in [5, 5.41) is 4.92. The van der Waals surface area contributed by atoms with E-state index < -0.39 is 0 Å². The van der Waals surface area contributed by atoms with Crippen molar-refractivity contribution in [2.24, 2.45) is 0 Å². The molecule has 3 heteroatoms. The Morgan fingerprint density at radius 1 is 1.00 bits per heavy atom. The maximum absolute atomic E-state index is 12.2. The molecule has 2 nitrogen and oxygen atoms in total. The lowest BCUT2D eigenvalue weighted by Gasteiger charge is -2.12. The molecule has 0 aliphatic rings. The number of aryl methyl sites for hydroxylation is 1. The molecule has 0 saturated carbocycles. The normalized spacial score (nSPS) is 10.3. The Kier molecular flexibility index (Phi) is 3.84. The third kappa shape index (κ3) is 3.03. The van der Waals surface area contributed by atoms with Crippen LogP contribution in [0.5, 0.6) is 0 Å². The molecule has 0 radical (unpaired) electrons. The first kappa shape index (κ1) is 13.6. The van der Waals surface area contributed by atoms with E-state index in [4.69, 9.17) is 0 Å². The van der Waals surface area contributed by atoms with Crippen LogP contribution in [0.15, 0.2) is 66.0 Å². The zero-order valence-electron chi connectivity index (χ0n) is 11.7. The SMILES string of the molecule is Cc1ccc(NC(=O)c2cccs2)c(-c2ccccc2)c1. The molecule has 0 spiro atoms. The molecule has 0 atom stereocenters. The van der Waals surface area contributed by atoms with Crippen LogP contribution >= 0.6 is 11.3 Å². The Morgan fingerprint density at radius 2 is 1.81 bits per heavy atom. The summed E-state index contributed by atoms with van der Waals surface area (Å²) in [7, 11) is 0. The highest BCUT2D eigenvalue weighted by atomic mass is 32.1. The van der Waals surface area contributed by atoms with E-state index in [1.807, 2.05) is 47.8 Å². The van der Waals surface area contributed by atoms with Crippen molar-refractivity contribution in [1.29, 1.82) is 0 Å². The zero-order chi connectivity index (χ0) is 14.7. The number of anilines is 1. The average molecular weight is 293 g/mol. The second-order valence-corrected chi connectivity index (χ2v) is 5.79. The molecule has 1 amide bonds. The van der Waals surface area contributed by atoms with Gasteiger partial charge in [-0.2, -0.15) is 0 Å². The minimum atomic E-state index is -0.0639. The summed E-state index contributed by atoms with van der Waals surface area (Å²) >= 11 is 1.44. The van der Waals surface area contributed by atoms with Gasteiger partial charge in [0.2, 0.25) is 0 Å². The molecule has 0 fully saturated rings. The number of carbonyl (C=O) groups is 1. The number of carbonyl (C=O) groups excluding carboxylic acids is 1. The molecule has 0 saturated heterocycles. The Bertz CT molecular complexity index is 748. The van der Waals surface area contributed by atoms with Crippen LogP contribution in [0.4, 0.5) is 5.69 Å². The highest BCUT2D eigenvalue weighted by Crippen LogP contribution is 2.29. The van der Waals surface area contributed by atoms with Gasteiger partial charge in [0, 0.05) is 11.3 Å². The van der Waals surface area contributed by atoms with Gasteiger partial charge in [0.15, 0.2) is 0 Å². The molecular formula is C18H15NOS. The molecular weight excluding hydrogens is 278 g/mol. The van der Waals surface area contributed by atoms with Gasteiger partial charge in [-0.3, -0.25) is 4.79 Å². The summed E-state index contributed by atoms with van der Waals surface area (Å²) in [5.41, 5.74) is 4.15. The Hall–Kier alpha value is -2.39. The third-order valence-corrected chi connectivity index (χ3v) is 4.12. The summed E-state index contributed by atoms with van der Waals surface area (Å²) in [5.74, 6) is -0.0639. The summed E-state index contributed by atoms with van der Waals surface area (Å²) < 4.78 is 0. The molecule has 0 bridgehead atoms. The fourth-order valence-corrected chi connectivity index (χ4v) is 2.83. The molecule has 1 N–H and O–H groups in total.